The van der Waals surface area contributed by atoms with Crippen LogP contribution in [-0.4, -0.2) is 28.0 Å². The van der Waals surface area contributed by atoms with E-state index in [-0.39, 0.29) is 18.7 Å². The van der Waals surface area contributed by atoms with E-state index in [2.05, 4.69) is 22.5 Å². The van der Waals surface area contributed by atoms with Gasteiger partial charge in [-0.05, 0) is 30.9 Å². The molecule has 120 valence electrons. The summed E-state index contributed by atoms with van der Waals surface area (Å²) in [5, 5.41) is 14.6. The number of nitrogens with one attached hydrogen (secondary N) is 2. The van der Waals surface area contributed by atoms with Crippen molar-refractivity contribution in [3.05, 3.63) is 18.3 Å². The maximum absolute atomic E-state index is 11.5. The van der Waals surface area contributed by atoms with Gasteiger partial charge in [0.2, 0.25) is 5.91 Å². The average molecular weight is 305 g/mol. The maximum atomic E-state index is 11.5. The van der Waals surface area contributed by atoms with Crippen LogP contribution < -0.4 is 10.6 Å². The molecule has 0 aliphatic heterocycles. The van der Waals surface area contributed by atoms with E-state index in [1.54, 1.807) is 12.3 Å². The number of carboxylic acids is 1. The zero-order valence-corrected chi connectivity index (χ0v) is 12.8. The van der Waals surface area contributed by atoms with Crippen molar-refractivity contribution in [1.82, 2.24) is 4.98 Å². The molecule has 2 atom stereocenters. The molecule has 1 aliphatic rings. The molecule has 1 aliphatic carbocycles. The van der Waals surface area contributed by atoms with Gasteiger partial charge >= 0.3 is 5.97 Å². The van der Waals surface area contributed by atoms with Gasteiger partial charge in [0.25, 0.3) is 0 Å². The average Bonchev–Trinajstić information content (AvgIpc) is 2.49. The smallest absolute Gasteiger partial charge is 0.303 e. The van der Waals surface area contributed by atoms with Crippen molar-refractivity contribution in [3.8, 4) is 0 Å². The molecule has 1 fully saturated rings. The molecule has 2 rings (SSSR count). The third-order valence-corrected chi connectivity index (χ3v) is 4.06. The Morgan fingerprint density at radius 1 is 1.27 bits per heavy atom. The molecule has 0 spiro atoms. The van der Waals surface area contributed by atoms with Crippen LogP contribution in [0.4, 0.5) is 11.5 Å². The molecule has 0 bridgehead atoms. The van der Waals surface area contributed by atoms with Crippen molar-refractivity contribution in [2.24, 2.45) is 5.92 Å². The number of rotatable bonds is 6. The lowest BCUT2D eigenvalue weighted by molar-refractivity contribution is -0.138. The Labute approximate surface area is 130 Å². The first-order chi connectivity index (χ1) is 10.5. The van der Waals surface area contributed by atoms with Gasteiger partial charge in [0.1, 0.15) is 5.82 Å². The van der Waals surface area contributed by atoms with Gasteiger partial charge in [0.15, 0.2) is 0 Å². The fourth-order valence-electron chi connectivity index (χ4n) is 2.72. The zero-order valence-electron chi connectivity index (χ0n) is 12.8. The van der Waals surface area contributed by atoms with Crippen LogP contribution in [0.3, 0.4) is 0 Å². The summed E-state index contributed by atoms with van der Waals surface area (Å²) in [7, 11) is 0. The first-order valence-corrected chi connectivity index (χ1v) is 7.79. The topological polar surface area (TPSA) is 91.3 Å². The van der Waals surface area contributed by atoms with Crippen LogP contribution in [0, 0.1) is 5.92 Å². The van der Waals surface area contributed by atoms with Crippen LogP contribution in [0.5, 0.6) is 0 Å². The molecule has 0 aromatic carbocycles. The maximum Gasteiger partial charge on any atom is 0.303 e. The van der Waals surface area contributed by atoms with Gasteiger partial charge in [-0.2, -0.15) is 0 Å². The van der Waals surface area contributed by atoms with E-state index in [1.165, 1.54) is 19.3 Å². The van der Waals surface area contributed by atoms with Gasteiger partial charge in [-0.15, -0.1) is 0 Å². The standard InChI is InChI=1S/C16H23N3O3/c1-11-4-2-3-5-13(11)19-14-7-6-12(10-17-14)18-15(20)8-9-16(21)22/h6-7,10-11,13H,2-5,8-9H2,1H3,(H,17,19)(H,18,20)(H,21,22). The number of hydrogen-bond donors (Lipinski definition) is 3. The summed E-state index contributed by atoms with van der Waals surface area (Å²) < 4.78 is 0. The fourth-order valence-corrected chi connectivity index (χ4v) is 2.72. The number of aromatic nitrogens is 1. The number of hydrogen-bond acceptors (Lipinski definition) is 4. The van der Waals surface area contributed by atoms with Gasteiger partial charge in [-0.3, -0.25) is 9.59 Å². The summed E-state index contributed by atoms with van der Waals surface area (Å²) >= 11 is 0. The molecule has 1 heterocycles. The van der Waals surface area contributed by atoms with Crippen molar-refractivity contribution < 1.29 is 14.7 Å². The Morgan fingerprint density at radius 3 is 2.68 bits per heavy atom. The number of nitrogens with zero attached hydrogens (tertiary/aromatic N) is 1. The second-order valence-corrected chi connectivity index (χ2v) is 5.89. The summed E-state index contributed by atoms with van der Waals surface area (Å²) in [4.78, 5) is 26.3. The summed E-state index contributed by atoms with van der Waals surface area (Å²) in [6.07, 6.45) is 6.35. The van der Waals surface area contributed by atoms with E-state index in [0.29, 0.717) is 17.6 Å². The molecule has 1 aromatic rings. The number of pyridine rings is 1. The highest BCUT2D eigenvalue weighted by atomic mass is 16.4. The molecule has 1 saturated carbocycles. The number of amides is 1. The monoisotopic (exact) mass is 305 g/mol. The third kappa shape index (κ3) is 5.02. The minimum Gasteiger partial charge on any atom is -0.481 e. The van der Waals surface area contributed by atoms with Crippen molar-refractivity contribution in [3.63, 3.8) is 0 Å². The van der Waals surface area contributed by atoms with Crippen LogP contribution in [0.2, 0.25) is 0 Å². The first-order valence-electron chi connectivity index (χ1n) is 7.79. The SMILES string of the molecule is CC1CCCCC1Nc1ccc(NC(=O)CCC(=O)O)cn1. The summed E-state index contributed by atoms with van der Waals surface area (Å²) in [6, 6.07) is 4.08. The van der Waals surface area contributed by atoms with Gasteiger partial charge in [0, 0.05) is 12.5 Å². The molecule has 0 radical (unpaired) electrons. The molecule has 2 unspecified atom stereocenters. The minimum atomic E-state index is -0.977. The summed E-state index contributed by atoms with van der Waals surface area (Å²) in [6.45, 7) is 2.26. The molecule has 1 amide bonds. The number of anilines is 2. The van der Waals surface area contributed by atoms with Crippen molar-refractivity contribution in [2.45, 2.75) is 51.5 Å². The van der Waals surface area contributed by atoms with Gasteiger partial charge in [-0.25, -0.2) is 4.98 Å². The lowest BCUT2D eigenvalue weighted by atomic mass is 9.86. The molecule has 6 nitrogen and oxygen atoms in total. The van der Waals surface area contributed by atoms with E-state index in [4.69, 9.17) is 5.11 Å². The van der Waals surface area contributed by atoms with Gasteiger partial charge < -0.3 is 15.7 Å². The Bertz CT molecular complexity index is 516. The predicted octanol–water partition coefficient (Wildman–Crippen LogP) is 2.88. The third-order valence-electron chi connectivity index (χ3n) is 4.06. The molecule has 22 heavy (non-hydrogen) atoms. The highest BCUT2D eigenvalue weighted by Gasteiger charge is 2.21. The first kappa shape index (κ1) is 16.3. The Kier molecular flexibility index (Phi) is 5.75. The Balaban J connectivity index is 1.84. The van der Waals surface area contributed by atoms with E-state index in [9.17, 15) is 9.59 Å². The second kappa shape index (κ2) is 7.77. The van der Waals surface area contributed by atoms with E-state index >= 15 is 0 Å². The lowest BCUT2D eigenvalue weighted by Gasteiger charge is -2.29. The van der Waals surface area contributed by atoms with Gasteiger partial charge in [0.05, 0.1) is 18.3 Å². The number of aliphatic carboxylic acids is 1. The fraction of sp³-hybridized carbons (Fsp3) is 0.562. The van der Waals surface area contributed by atoms with Crippen LogP contribution in [0.25, 0.3) is 0 Å². The van der Waals surface area contributed by atoms with E-state index < -0.39 is 5.97 Å². The summed E-state index contributed by atoms with van der Waals surface area (Å²) in [5.41, 5.74) is 0.581. The largest absolute Gasteiger partial charge is 0.481 e. The van der Waals surface area contributed by atoms with E-state index in [0.717, 1.165) is 12.2 Å². The van der Waals surface area contributed by atoms with Gasteiger partial charge in [-0.1, -0.05) is 19.8 Å². The predicted molar refractivity (Wildman–Crippen MR) is 84.8 cm³/mol. The van der Waals surface area contributed by atoms with Crippen LogP contribution in [-0.2, 0) is 9.59 Å². The molecule has 6 heteroatoms. The molecule has 1 aromatic heterocycles. The number of carbonyl (C=O) groups is 2. The molecule has 0 saturated heterocycles. The van der Waals surface area contributed by atoms with Crippen molar-refractivity contribution >= 4 is 23.4 Å². The second-order valence-electron chi connectivity index (χ2n) is 5.89. The molecular weight excluding hydrogens is 282 g/mol. The number of carboxylic acid groups (broad SMARTS) is 1. The number of carbonyl (C=O) groups excluding carboxylic acids is 1. The van der Waals surface area contributed by atoms with Crippen molar-refractivity contribution in [2.75, 3.05) is 10.6 Å². The van der Waals surface area contributed by atoms with E-state index in [1.807, 2.05) is 6.07 Å². The summed E-state index contributed by atoms with van der Waals surface area (Å²) in [5.74, 6) is 0.161. The highest BCUT2D eigenvalue weighted by molar-refractivity contribution is 5.92. The Morgan fingerprint density at radius 2 is 2.05 bits per heavy atom. The van der Waals surface area contributed by atoms with Crippen LogP contribution in [0.1, 0.15) is 45.4 Å². The Hall–Kier alpha value is -2.11. The zero-order chi connectivity index (χ0) is 15.9. The molecular formula is C16H23N3O3. The van der Waals surface area contributed by atoms with Crippen LogP contribution in [0.15, 0.2) is 18.3 Å². The quantitative estimate of drug-likeness (QED) is 0.751. The van der Waals surface area contributed by atoms with Crippen molar-refractivity contribution in [1.29, 1.82) is 0 Å². The highest BCUT2D eigenvalue weighted by Crippen LogP contribution is 2.26. The minimum absolute atomic E-state index is 0.0328. The molecule has 3 N–H and O–H groups in total. The lowest BCUT2D eigenvalue weighted by Crippen LogP contribution is -2.30. The normalized spacial score (nSPS) is 21.1. The van der Waals surface area contributed by atoms with Crippen LogP contribution >= 0.6 is 0 Å².